The summed E-state index contributed by atoms with van der Waals surface area (Å²) in [6.07, 6.45) is 2.10. The van der Waals surface area contributed by atoms with E-state index in [1.54, 1.807) is 18.2 Å². The van der Waals surface area contributed by atoms with Gasteiger partial charge in [-0.15, -0.1) is 0 Å². The molecule has 1 aliphatic carbocycles. The molecule has 3 aromatic rings. The lowest BCUT2D eigenvalue weighted by Crippen LogP contribution is -2.64. The second kappa shape index (κ2) is 8.53. The van der Waals surface area contributed by atoms with Crippen LogP contribution in [0.15, 0.2) is 43.0 Å². The van der Waals surface area contributed by atoms with Crippen molar-refractivity contribution in [2.75, 3.05) is 11.9 Å². The number of nitrogens with one attached hydrogen (secondary N) is 1. The molecule has 1 aromatic carbocycles. The van der Waals surface area contributed by atoms with Crippen LogP contribution >= 0.6 is 11.6 Å². The third-order valence-electron chi connectivity index (χ3n) is 6.74. The van der Waals surface area contributed by atoms with Crippen LogP contribution in [0.25, 0.3) is 5.69 Å². The second-order valence-electron chi connectivity index (χ2n) is 8.67. The van der Waals surface area contributed by atoms with E-state index in [1.807, 2.05) is 4.90 Å². The highest BCUT2D eigenvalue weighted by Gasteiger charge is 2.50. The van der Waals surface area contributed by atoms with Crippen LogP contribution in [-0.4, -0.2) is 54.4 Å². The predicted molar refractivity (Wildman–Crippen MR) is 118 cm³/mol. The Morgan fingerprint density at radius 2 is 1.91 bits per heavy atom. The summed E-state index contributed by atoms with van der Waals surface area (Å²) >= 11 is 6.18. The van der Waals surface area contributed by atoms with Crippen molar-refractivity contribution in [2.24, 2.45) is 11.8 Å². The quantitative estimate of drug-likeness (QED) is 0.578. The summed E-state index contributed by atoms with van der Waals surface area (Å²) in [7, 11) is 0. The van der Waals surface area contributed by atoms with Gasteiger partial charge in [0.15, 0.2) is 5.69 Å². The Kier molecular flexibility index (Phi) is 5.67. The number of carbonyl (C=O) groups excluding carboxylic acids is 1. The van der Waals surface area contributed by atoms with E-state index >= 15 is 0 Å². The zero-order valence-corrected chi connectivity index (χ0v) is 18.8. The van der Waals surface area contributed by atoms with Crippen molar-refractivity contribution in [3.05, 3.63) is 59.3 Å². The van der Waals surface area contributed by atoms with E-state index in [9.17, 15) is 18.0 Å². The normalized spacial score (nSPS) is 24.0. The molecule has 4 heterocycles. The molecule has 2 aliphatic heterocycles. The molecule has 8 nitrogen and oxygen atoms in total. The lowest BCUT2D eigenvalue weighted by molar-refractivity contribution is -0.141. The van der Waals surface area contributed by atoms with Gasteiger partial charge in [-0.1, -0.05) is 18.5 Å². The Morgan fingerprint density at radius 1 is 1.18 bits per heavy atom. The minimum absolute atomic E-state index is 0.0910. The van der Waals surface area contributed by atoms with Crippen LogP contribution < -0.4 is 5.32 Å². The van der Waals surface area contributed by atoms with Crippen LogP contribution in [0, 0.1) is 11.8 Å². The molecule has 0 spiro atoms. The van der Waals surface area contributed by atoms with E-state index < -0.39 is 11.9 Å². The first-order chi connectivity index (χ1) is 16.2. The van der Waals surface area contributed by atoms with Crippen molar-refractivity contribution in [3.8, 4) is 5.69 Å². The maximum Gasteiger partial charge on any atom is 0.434 e. The molecule has 34 heavy (non-hydrogen) atoms. The summed E-state index contributed by atoms with van der Waals surface area (Å²) in [6, 6.07) is 4.89. The molecule has 6 rings (SSSR count). The Bertz CT molecular complexity index is 1180. The standard InChI is InChI=1S/C22H21ClF3N7O/c1-12-13-6-15(7-13)32(18(12)9-28-20-11-27-19(10-29-20)22(24,25)26)21(34)16-3-2-14(23)8-17(16)33-30-4-5-31-33/h2-5,8,10-13,15,18H,6-7,9H2,1H3,(H,28,29)/t12-,13?,15?,18-/m1/s1. The van der Waals surface area contributed by atoms with Crippen molar-refractivity contribution in [1.29, 1.82) is 0 Å². The molecular formula is C22H21ClF3N7O. The number of rotatable bonds is 5. The van der Waals surface area contributed by atoms with Crippen molar-refractivity contribution >= 4 is 23.3 Å². The number of amides is 1. The van der Waals surface area contributed by atoms with Crippen molar-refractivity contribution in [2.45, 2.75) is 38.0 Å². The number of aromatic nitrogens is 5. The number of benzene rings is 1. The molecule has 12 heteroatoms. The highest BCUT2D eigenvalue weighted by Crippen LogP contribution is 2.47. The van der Waals surface area contributed by atoms with E-state index in [1.165, 1.54) is 17.2 Å². The molecule has 178 valence electrons. The maximum atomic E-state index is 13.8. The monoisotopic (exact) mass is 491 g/mol. The number of alkyl halides is 3. The SMILES string of the molecule is C[C@@H]1C2CC(C2)N(C(=O)c2ccc(Cl)cc2-n2nccn2)[C@@H]1CNc1cnc(C(F)(F)F)cn1. The number of fused-ring (bicyclic) bond motifs is 2. The highest BCUT2D eigenvalue weighted by molar-refractivity contribution is 6.31. The largest absolute Gasteiger partial charge is 0.434 e. The number of hydrogen-bond donors (Lipinski definition) is 1. The number of carbonyl (C=O) groups is 1. The summed E-state index contributed by atoms with van der Waals surface area (Å²) in [5, 5.41) is 11.8. The summed E-state index contributed by atoms with van der Waals surface area (Å²) in [4.78, 5) is 24.3. The molecule has 2 bridgehead atoms. The van der Waals surface area contributed by atoms with Gasteiger partial charge >= 0.3 is 6.18 Å². The zero-order chi connectivity index (χ0) is 24.0. The molecule has 2 aromatic heterocycles. The van der Waals surface area contributed by atoms with Crippen LogP contribution in [0.2, 0.25) is 5.02 Å². The van der Waals surface area contributed by atoms with Gasteiger partial charge in [-0.3, -0.25) is 4.79 Å². The Labute approximate surface area is 198 Å². The number of piperidine rings is 2. The fourth-order valence-corrected chi connectivity index (χ4v) is 5.00. The van der Waals surface area contributed by atoms with Gasteiger partial charge in [0.25, 0.3) is 5.91 Å². The maximum absolute atomic E-state index is 13.8. The Balaban J connectivity index is 1.40. The summed E-state index contributed by atoms with van der Waals surface area (Å²) in [5.74, 6) is 0.753. The van der Waals surface area contributed by atoms with E-state index in [0.29, 0.717) is 34.9 Å². The molecule has 1 amide bonds. The average Bonchev–Trinajstić information content (AvgIpc) is 3.31. The predicted octanol–water partition coefficient (Wildman–Crippen LogP) is 4.08. The molecule has 0 unspecified atom stereocenters. The molecule has 2 atom stereocenters. The van der Waals surface area contributed by atoms with Gasteiger partial charge in [-0.25, -0.2) is 9.97 Å². The topological polar surface area (TPSA) is 88.8 Å². The number of halogens is 4. The van der Waals surface area contributed by atoms with Gasteiger partial charge in [0.2, 0.25) is 0 Å². The van der Waals surface area contributed by atoms with Gasteiger partial charge in [0, 0.05) is 17.6 Å². The van der Waals surface area contributed by atoms with E-state index in [0.717, 1.165) is 19.0 Å². The minimum Gasteiger partial charge on any atom is -0.367 e. The fraction of sp³-hybridized carbons (Fsp3) is 0.409. The molecular weight excluding hydrogens is 471 g/mol. The van der Waals surface area contributed by atoms with Crippen LogP contribution in [0.1, 0.15) is 35.8 Å². The molecule has 0 radical (unpaired) electrons. The van der Waals surface area contributed by atoms with Crippen molar-refractivity contribution < 1.29 is 18.0 Å². The molecule has 1 N–H and O–H groups in total. The number of anilines is 1. The highest BCUT2D eigenvalue weighted by atomic mass is 35.5. The van der Waals surface area contributed by atoms with Gasteiger partial charge in [0.05, 0.1) is 42.1 Å². The van der Waals surface area contributed by atoms with Crippen LogP contribution in [0.3, 0.4) is 0 Å². The Morgan fingerprint density at radius 3 is 2.56 bits per heavy atom. The average molecular weight is 492 g/mol. The molecule has 1 saturated carbocycles. The summed E-state index contributed by atoms with van der Waals surface area (Å²) in [6.45, 7) is 2.44. The van der Waals surface area contributed by atoms with Gasteiger partial charge < -0.3 is 10.2 Å². The summed E-state index contributed by atoms with van der Waals surface area (Å²) in [5.41, 5.74) is -0.140. The van der Waals surface area contributed by atoms with Crippen LogP contribution in [0.5, 0.6) is 0 Å². The second-order valence-corrected chi connectivity index (χ2v) is 9.11. The van der Waals surface area contributed by atoms with E-state index in [2.05, 4.69) is 32.4 Å². The first-order valence-corrected chi connectivity index (χ1v) is 11.2. The van der Waals surface area contributed by atoms with Crippen molar-refractivity contribution in [1.82, 2.24) is 29.9 Å². The lowest BCUT2D eigenvalue weighted by Gasteiger charge is -2.57. The van der Waals surface area contributed by atoms with Crippen LogP contribution in [0.4, 0.5) is 19.0 Å². The van der Waals surface area contributed by atoms with Gasteiger partial charge in [-0.2, -0.15) is 28.2 Å². The van der Waals surface area contributed by atoms with Gasteiger partial charge in [-0.05, 0) is 42.9 Å². The third-order valence-corrected chi connectivity index (χ3v) is 6.98. The molecule has 3 fully saturated rings. The fourth-order valence-electron chi connectivity index (χ4n) is 4.83. The molecule has 3 aliphatic rings. The number of nitrogens with zero attached hydrogens (tertiary/aromatic N) is 6. The first kappa shape index (κ1) is 22.6. The zero-order valence-electron chi connectivity index (χ0n) is 18.1. The first-order valence-electron chi connectivity index (χ1n) is 10.8. The lowest BCUT2D eigenvalue weighted by atomic mass is 9.64. The van der Waals surface area contributed by atoms with E-state index in [-0.39, 0.29) is 29.7 Å². The van der Waals surface area contributed by atoms with Gasteiger partial charge in [0.1, 0.15) is 5.82 Å². The van der Waals surface area contributed by atoms with Crippen LogP contribution in [-0.2, 0) is 6.18 Å². The Hall–Kier alpha value is -3.21. The summed E-state index contributed by atoms with van der Waals surface area (Å²) < 4.78 is 38.3. The smallest absolute Gasteiger partial charge is 0.367 e. The third kappa shape index (κ3) is 4.08. The number of hydrogen-bond acceptors (Lipinski definition) is 6. The van der Waals surface area contributed by atoms with Crippen molar-refractivity contribution in [3.63, 3.8) is 0 Å². The van der Waals surface area contributed by atoms with E-state index in [4.69, 9.17) is 11.6 Å². The minimum atomic E-state index is -4.55. The molecule has 2 saturated heterocycles.